The van der Waals surface area contributed by atoms with E-state index in [4.69, 9.17) is 0 Å². The van der Waals surface area contributed by atoms with E-state index in [2.05, 4.69) is 4.98 Å². The van der Waals surface area contributed by atoms with Gasteiger partial charge >= 0.3 is 5.69 Å². The third-order valence-corrected chi connectivity index (χ3v) is 3.38. The van der Waals surface area contributed by atoms with Crippen LogP contribution in [0, 0.1) is 10.1 Å². The van der Waals surface area contributed by atoms with Crippen molar-refractivity contribution in [2.24, 2.45) is 0 Å². The van der Waals surface area contributed by atoms with E-state index in [9.17, 15) is 20.0 Å². The molecular formula is C16H17N3O4. The van der Waals surface area contributed by atoms with E-state index >= 15 is 0 Å². The average molecular weight is 315 g/mol. The molecule has 0 fully saturated rings. The van der Waals surface area contributed by atoms with Crippen LogP contribution in [0.5, 0.6) is 5.75 Å². The zero-order valence-electron chi connectivity index (χ0n) is 12.8. The summed E-state index contributed by atoms with van der Waals surface area (Å²) in [4.78, 5) is 28.5. The van der Waals surface area contributed by atoms with Crippen LogP contribution in [0.1, 0.15) is 29.8 Å². The van der Waals surface area contributed by atoms with Crippen molar-refractivity contribution in [1.82, 2.24) is 9.88 Å². The monoisotopic (exact) mass is 315 g/mol. The fourth-order valence-corrected chi connectivity index (χ4v) is 2.15. The minimum atomic E-state index is -0.715. The standard InChI is InChI=1S/C16H17N3O4/c1-11(2)18(10-12-4-3-7-17-9-12)16(21)13-5-6-15(20)14(8-13)19(22)23/h3-9,11,20H,10H2,1-2H3. The maximum absolute atomic E-state index is 12.7. The van der Waals surface area contributed by atoms with Crippen molar-refractivity contribution in [2.45, 2.75) is 26.4 Å². The molecule has 0 spiro atoms. The number of carbonyl (C=O) groups is 1. The first kappa shape index (κ1) is 16.4. The number of amides is 1. The Morgan fingerprint density at radius 1 is 1.39 bits per heavy atom. The van der Waals surface area contributed by atoms with Gasteiger partial charge in [0, 0.05) is 36.6 Å². The number of hydrogen-bond donors (Lipinski definition) is 1. The van der Waals surface area contributed by atoms with E-state index in [0.29, 0.717) is 6.54 Å². The summed E-state index contributed by atoms with van der Waals surface area (Å²) in [6.07, 6.45) is 3.32. The zero-order valence-corrected chi connectivity index (χ0v) is 12.8. The maximum atomic E-state index is 12.7. The SMILES string of the molecule is CC(C)N(Cc1cccnc1)C(=O)c1ccc(O)c([N+](=O)[O-])c1. The van der Waals surface area contributed by atoms with Gasteiger partial charge in [-0.15, -0.1) is 0 Å². The van der Waals surface area contributed by atoms with Gasteiger partial charge in [-0.05, 0) is 37.6 Å². The number of carbonyl (C=O) groups excluding carboxylic acids is 1. The molecule has 2 aromatic rings. The lowest BCUT2D eigenvalue weighted by atomic mass is 10.1. The van der Waals surface area contributed by atoms with Crippen LogP contribution >= 0.6 is 0 Å². The lowest BCUT2D eigenvalue weighted by Crippen LogP contribution is -2.36. The molecule has 23 heavy (non-hydrogen) atoms. The molecule has 0 unspecified atom stereocenters. The summed E-state index contributed by atoms with van der Waals surface area (Å²) < 4.78 is 0. The topological polar surface area (TPSA) is 96.6 Å². The molecule has 2 rings (SSSR count). The van der Waals surface area contributed by atoms with Crippen molar-refractivity contribution in [1.29, 1.82) is 0 Å². The molecule has 1 amide bonds. The van der Waals surface area contributed by atoms with Crippen LogP contribution in [0.2, 0.25) is 0 Å². The first-order chi connectivity index (χ1) is 10.9. The number of aromatic nitrogens is 1. The summed E-state index contributed by atoms with van der Waals surface area (Å²) in [7, 11) is 0. The van der Waals surface area contributed by atoms with Gasteiger partial charge in [-0.1, -0.05) is 6.07 Å². The zero-order chi connectivity index (χ0) is 17.0. The van der Waals surface area contributed by atoms with Gasteiger partial charge in [-0.3, -0.25) is 19.9 Å². The van der Waals surface area contributed by atoms with Crippen molar-refractivity contribution in [3.63, 3.8) is 0 Å². The molecule has 0 aliphatic carbocycles. The van der Waals surface area contributed by atoms with Crippen LogP contribution in [0.3, 0.4) is 0 Å². The quantitative estimate of drug-likeness (QED) is 0.676. The van der Waals surface area contributed by atoms with E-state index in [1.165, 1.54) is 6.07 Å². The second-order valence-electron chi connectivity index (χ2n) is 5.35. The molecular weight excluding hydrogens is 298 g/mol. The Balaban J connectivity index is 2.31. The molecule has 0 radical (unpaired) electrons. The lowest BCUT2D eigenvalue weighted by Gasteiger charge is -2.27. The Kier molecular flexibility index (Phi) is 4.90. The van der Waals surface area contributed by atoms with Gasteiger partial charge < -0.3 is 10.0 Å². The molecule has 120 valence electrons. The molecule has 1 aromatic carbocycles. The molecule has 1 heterocycles. The van der Waals surface area contributed by atoms with Crippen LogP contribution < -0.4 is 0 Å². The van der Waals surface area contributed by atoms with Gasteiger partial charge in [-0.2, -0.15) is 0 Å². The number of aromatic hydroxyl groups is 1. The number of phenols is 1. The molecule has 0 aliphatic rings. The molecule has 0 atom stereocenters. The minimum Gasteiger partial charge on any atom is -0.502 e. The van der Waals surface area contributed by atoms with Gasteiger partial charge in [0.2, 0.25) is 0 Å². The van der Waals surface area contributed by atoms with Gasteiger partial charge in [0.05, 0.1) is 4.92 Å². The second-order valence-corrected chi connectivity index (χ2v) is 5.35. The summed E-state index contributed by atoms with van der Waals surface area (Å²) in [5, 5.41) is 20.4. The van der Waals surface area contributed by atoms with E-state index in [1.54, 1.807) is 23.4 Å². The van der Waals surface area contributed by atoms with Crippen LogP contribution in [0.4, 0.5) is 5.69 Å². The number of nitrogens with zero attached hydrogens (tertiary/aromatic N) is 3. The highest BCUT2D eigenvalue weighted by molar-refractivity contribution is 5.95. The van der Waals surface area contributed by atoms with Crippen molar-refractivity contribution >= 4 is 11.6 Å². The normalized spacial score (nSPS) is 10.6. The molecule has 0 saturated carbocycles. The third-order valence-electron chi connectivity index (χ3n) is 3.38. The Bertz CT molecular complexity index is 717. The molecule has 7 heteroatoms. The molecule has 1 aromatic heterocycles. The molecule has 1 N–H and O–H groups in total. The van der Waals surface area contributed by atoms with Gasteiger partial charge in [0.25, 0.3) is 5.91 Å². The Morgan fingerprint density at radius 2 is 2.13 bits per heavy atom. The molecule has 7 nitrogen and oxygen atoms in total. The highest BCUT2D eigenvalue weighted by Gasteiger charge is 2.23. The maximum Gasteiger partial charge on any atom is 0.311 e. The van der Waals surface area contributed by atoms with Crippen molar-refractivity contribution < 1.29 is 14.8 Å². The first-order valence-electron chi connectivity index (χ1n) is 7.07. The van der Waals surface area contributed by atoms with Crippen LogP contribution in [0.25, 0.3) is 0 Å². The molecule has 0 saturated heterocycles. The smallest absolute Gasteiger partial charge is 0.311 e. The summed E-state index contributed by atoms with van der Waals surface area (Å²) in [6.45, 7) is 4.07. The van der Waals surface area contributed by atoms with Gasteiger partial charge in [-0.25, -0.2) is 0 Å². The summed E-state index contributed by atoms with van der Waals surface area (Å²) in [5.41, 5.74) is 0.538. The first-order valence-corrected chi connectivity index (χ1v) is 7.07. The van der Waals surface area contributed by atoms with E-state index in [0.717, 1.165) is 17.7 Å². The van der Waals surface area contributed by atoms with Gasteiger partial charge in [0.1, 0.15) is 0 Å². The summed E-state index contributed by atoms with van der Waals surface area (Å²) in [5.74, 6) is -0.804. The third kappa shape index (κ3) is 3.82. The highest BCUT2D eigenvalue weighted by Crippen LogP contribution is 2.27. The number of phenolic OH excluding ortho intramolecular Hbond substituents is 1. The Labute approximate surface area is 133 Å². The Hall–Kier alpha value is -2.96. The lowest BCUT2D eigenvalue weighted by molar-refractivity contribution is -0.385. The van der Waals surface area contributed by atoms with E-state index in [-0.39, 0.29) is 17.5 Å². The van der Waals surface area contributed by atoms with Crippen LogP contribution in [-0.2, 0) is 6.54 Å². The number of nitro groups is 1. The Morgan fingerprint density at radius 3 is 2.70 bits per heavy atom. The van der Waals surface area contributed by atoms with E-state index < -0.39 is 16.4 Å². The fraction of sp³-hybridized carbons (Fsp3) is 0.250. The van der Waals surface area contributed by atoms with Crippen LogP contribution in [0.15, 0.2) is 42.7 Å². The summed E-state index contributed by atoms with van der Waals surface area (Å²) >= 11 is 0. The van der Waals surface area contributed by atoms with E-state index in [1.807, 2.05) is 19.9 Å². The number of pyridine rings is 1. The summed E-state index contributed by atoms with van der Waals surface area (Å²) in [6, 6.07) is 7.17. The predicted octanol–water partition coefficient (Wildman–Crippen LogP) is 2.75. The average Bonchev–Trinajstić information content (AvgIpc) is 2.53. The fourth-order valence-electron chi connectivity index (χ4n) is 2.15. The van der Waals surface area contributed by atoms with Crippen molar-refractivity contribution in [3.05, 3.63) is 64.0 Å². The van der Waals surface area contributed by atoms with Crippen molar-refractivity contribution in [3.8, 4) is 5.75 Å². The van der Waals surface area contributed by atoms with Crippen LogP contribution in [-0.4, -0.2) is 31.9 Å². The predicted molar refractivity (Wildman–Crippen MR) is 84.0 cm³/mol. The minimum absolute atomic E-state index is 0.101. The van der Waals surface area contributed by atoms with Gasteiger partial charge in [0.15, 0.2) is 5.75 Å². The number of benzene rings is 1. The van der Waals surface area contributed by atoms with Crippen molar-refractivity contribution in [2.75, 3.05) is 0 Å². The highest BCUT2D eigenvalue weighted by atomic mass is 16.6. The number of rotatable bonds is 5. The second kappa shape index (κ2) is 6.87. The number of hydrogen-bond acceptors (Lipinski definition) is 5. The number of nitro benzene ring substituents is 1. The molecule has 0 aliphatic heterocycles. The molecule has 0 bridgehead atoms. The largest absolute Gasteiger partial charge is 0.502 e.